The fourth-order valence-corrected chi connectivity index (χ4v) is 2.49. The maximum Gasteiger partial charge on any atom is 0.387 e. The Morgan fingerprint density at radius 1 is 1.07 bits per heavy atom. The molecule has 0 aromatic heterocycles. The number of hydrogen-bond donors (Lipinski definition) is 1. The molecule has 1 N–H and O–H groups in total. The van der Waals surface area contributed by atoms with Crippen LogP contribution in [0.15, 0.2) is 48.5 Å². The van der Waals surface area contributed by atoms with Crippen LogP contribution in [-0.4, -0.2) is 33.3 Å². The summed E-state index contributed by atoms with van der Waals surface area (Å²) in [6.45, 7) is -2.59. The lowest BCUT2D eigenvalue weighted by Crippen LogP contribution is -2.23. The molecule has 2 rings (SSSR count). The SMILES string of the molecule is COc1ccccc1CCNC(=O)/C=C/c1cccc(OC)c1OC(F)F. The zero-order valence-electron chi connectivity index (χ0n) is 15.1. The Kier molecular flexibility index (Phi) is 7.61. The third-order valence-electron chi connectivity index (χ3n) is 3.74. The van der Waals surface area contributed by atoms with Gasteiger partial charge in [0.2, 0.25) is 5.91 Å². The van der Waals surface area contributed by atoms with Gasteiger partial charge >= 0.3 is 6.61 Å². The molecule has 0 unspecified atom stereocenters. The quantitative estimate of drug-likeness (QED) is 0.678. The minimum atomic E-state index is -3.00. The van der Waals surface area contributed by atoms with Crippen molar-refractivity contribution in [1.29, 1.82) is 0 Å². The first-order valence-electron chi connectivity index (χ1n) is 8.24. The van der Waals surface area contributed by atoms with E-state index >= 15 is 0 Å². The average molecular weight is 377 g/mol. The van der Waals surface area contributed by atoms with E-state index < -0.39 is 6.61 Å². The Morgan fingerprint density at radius 2 is 1.78 bits per heavy atom. The van der Waals surface area contributed by atoms with Crippen LogP contribution in [0.1, 0.15) is 11.1 Å². The number of benzene rings is 2. The van der Waals surface area contributed by atoms with Crippen molar-refractivity contribution in [2.24, 2.45) is 0 Å². The van der Waals surface area contributed by atoms with Gasteiger partial charge in [0.25, 0.3) is 0 Å². The number of carbonyl (C=O) groups is 1. The second-order valence-corrected chi connectivity index (χ2v) is 5.44. The molecule has 144 valence electrons. The molecular weight excluding hydrogens is 356 g/mol. The van der Waals surface area contributed by atoms with E-state index in [4.69, 9.17) is 9.47 Å². The van der Waals surface area contributed by atoms with Crippen LogP contribution in [-0.2, 0) is 11.2 Å². The van der Waals surface area contributed by atoms with Gasteiger partial charge in [0.05, 0.1) is 14.2 Å². The van der Waals surface area contributed by atoms with E-state index in [9.17, 15) is 13.6 Å². The van der Waals surface area contributed by atoms with Crippen LogP contribution in [0, 0.1) is 0 Å². The van der Waals surface area contributed by atoms with E-state index in [1.165, 1.54) is 25.3 Å². The first-order valence-corrected chi connectivity index (χ1v) is 8.24. The van der Waals surface area contributed by atoms with E-state index in [0.29, 0.717) is 18.5 Å². The maximum atomic E-state index is 12.6. The van der Waals surface area contributed by atoms with Crippen LogP contribution in [0.25, 0.3) is 6.08 Å². The van der Waals surface area contributed by atoms with Crippen molar-refractivity contribution in [1.82, 2.24) is 5.32 Å². The monoisotopic (exact) mass is 377 g/mol. The Labute approximate surface area is 156 Å². The number of nitrogens with one attached hydrogen (secondary N) is 1. The molecule has 5 nitrogen and oxygen atoms in total. The third kappa shape index (κ3) is 5.99. The molecule has 2 aromatic rings. The van der Waals surface area contributed by atoms with Gasteiger partial charge in [0.1, 0.15) is 5.75 Å². The Hall–Kier alpha value is -3.09. The largest absolute Gasteiger partial charge is 0.496 e. The molecule has 0 saturated heterocycles. The summed E-state index contributed by atoms with van der Waals surface area (Å²) in [7, 11) is 2.94. The average Bonchev–Trinajstić information content (AvgIpc) is 2.67. The summed E-state index contributed by atoms with van der Waals surface area (Å²) in [6, 6.07) is 12.2. The molecule has 0 spiro atoms. The molecule has 0 heterocycles. The molecule has 27 heavy (non-hydrogen) atoms. The molecule has 0 aliphatic carbocycles. The summed E-state index contributed by atoms with van der Waals surface area (Å²) in [5.74, 6) is 0.449. The molecule has 0 atom stereocenters. The minimum Gasteiger partial charge on any atom is -0.496 e. The predicted octanol–water partition coefficient (Wildman–Crippen LogP) is 3.68. The number of ether oxygens (including phenoxy) is 3. The van der Waals surface area contributed by atoms with Gasteiger partial charge in [-0.05, 0) is 30.2 Å². The normalized spacial score (nSPS) is 10.9. The highest BCUT2D eigenvalue weighted by atomic mass is 19.3. The summed E-state index contributed by atoms with van der Waals surface area (Å²) in [6.07, 6.45) is 3.26. The van der Waals surface area contributed by atoms with Crippen molar-refractivity contribution in [3.63, 3.8) is 0 Å². The van der Waals surface area contributed by atoms with Crippen LogP contribution < -0.4 is 19.5 Å². The standard InChI is InChI=1S/C20H21F2NO4/c1-25-16-8-4-3-6-14(16)12-13-23-18(24)11-10-15-7-5-9-17(26-2)19(15)27-20(21)22/h3-11,20H,12-13H2,1-2H3,(H,23,24)/b11-10+. The summed E-state index contributed by atoms with van der Waals surface area (Å²) < 4.78 is 40.0. The fourth-order valence-electron chi connectivity index (χ4n) is 2.49. The van der Waals surface area contributed by atoms with Crippen LogP contribution in [0.5, 0.6) is 17.2 Å². The minimum absolute atomic E-state index is 0.118. The molecule has 0 aliphatic rings. The number of alkyl halides is 2. The van der Waals surface area contributed by atoms with Gasteiger partial charge in [0.15, 0.2) is 11.5 Å². The molecule has 1 amide bonds. The van der Waals surface area contributed by atoms with E-state index in [1.54, 1.807) is 19.2 Å². The first kappa shape index (κ1) is 20.2. The Morgan fingerprint density at radius 3 is 2.48 bits per heavy atom. The van der Waals surface area contributed by atoms with Gasteiger partial charge in [-0.1, -0.05) is 30.3 Å². The highest BCUT2D eigenvalue weighted by Gasteiger charge is 2.14. The van der Waals surface area contributed by atoms with E-state index in [2.05, 4.69) is 10.1 Å². The van der Waals surface area contributed by atoms with Gasteiger partial charge in [-0.25, -0.2) is 0 Å². The van der Waals surface area contributed by atoms with Crippen molar-refractivity contribution in [2.75, 3.05) is 20.8 Å². The number of methoxy groups -OCH3 is 2. The van der Waals surface area contributed by atoms with Crippen molar-refractivity contribution >= 4 is 12.0 Å². The highest BCUT2D eigenvalue weighted by molar-refractivity contribution is 5.92. The van der Waals surface area contributed by atoms with Gasteiger partial charge in [-0.3, -0.25) is 4.79 Å². The van der Waals surface area contributed by atoms with Crippen molar-refractivity contribution in [2.45, 2.75) is 13.0 Å². The van der Waals surface area contributed by atoms with Crippen LogP contribution >= 0.6 is 0 Å². The third-order valence-corrected chi connectivity index (χ3v) is 3.74. The van der Waals surface area contributed by atoms with Crippen LogP contribution in [0.3, 0.4) is 0 Å². The summed E-state index contributed by atoms with van der Waals surface area (Å²) in [4.78, 5) is 12.0. The lowest BCUT2D eigenvalue weighted by Gasteiger charge is -2.12. The molecule has 0 fully saturated rings. The molecule has 0 radical (unpaired) electrons. The molecule has 2 aromatic carbocycles. The summed E-state index contributed by atoms with van der Waals surface area (Å²) in [5, 5.41) is 2.74. The zero-order chi connectivity index (χ0) is 19.6. The van der Waals surface area contributed by atoms with Crippen LogP contribution in [0.4, 0.5) is 8.78 Å². The molecule has 0 aliphatic heterocycles. The number of rotatable bonds is 9. The van der Waals surface area contributed by atoms with Crippen molar-refractivity contribution in [3.05, 3.63) is 59.7 Å². The molecule has 0 saturated carbocycles. The van der Waals surface area contributed by atoms with Crippen molar-refractivity contribution in [3.8, 4) is 17.2 Å². The van der Waals surface area contributed by atoms with E-state index in [0.717, 1.165) is 11.3 Å². The number of para-hydroxylation sites is 2. The number of carbonyl (C=O) groups excluding carboxylic acids is 1. The second kappa shape index (κ2) is 10.2. The number of halogens is 2. The van der Waals surface area contributed by atoms with E-state index in [1.807, 2.05) is 24.3 Å². The molecular formula is C20H21F2NO4. The molecule has 0 bridgehead atoms. The number of amides is 1. The smallest absolute Gasteiger partial charge is 0.387 e. The molecule has 7 heteroatoms. The number of hydrogen-bond acceptors (Lipinski definition) is 4. The summed E-state index contributed by atoms with van der Waals surface area (Å²) in [5.41, 5.74) is 1.29. The topological polar surface area (TPSA) is 56.8 Å². The lowest BCUT2D eigenvalue weighted by atomic mass is 10.1. The van der Waals surface area contributed by atoms with Crippen LogP contribution in [0.2, 0.25) is 0 Å². The zero-order valence-corrected chi connectivity index (χ0v) is 15.1. The fraction of sp³-hybridized carbons (Fsp3) is 0.250. The lowest BCUT2D eigenvalue weighted by molar-refractivity contribution is -0.116. The summed E-state index contributed by atoms with van der Waals surface area (Å²) >= 11 is 0. The highest BCUT2D eigenvalue weighted by Crippen LogP contribution is 2.33. The Balaban J connectivity index is 1.98. The van der Waals surface area contributed by atoms with Gasteiger partial charge < -0.3 is 19.5 Å². The van der Waals surface area contributed by atoms with Gasteiger partial charge in [0, 0.05) is 18.2 Å². The van der Waals surface area contributed by atoms with Gasteiger partial charge in [-0.2, -0.15) is 8.78 Å². The Bertz CT molecular complexity index is 793. The van der Waals surface area contributed by atoms with E-state index in [-0.39, 0.29) is 17.4 Å². The predicted molar refractivity (Wildman–Crippen MR) is 98.4 cm³/mol. The van der Waals surface area contributed by atoms with Gasteiger partial charge in [-0.15, -0.1) is 0 Å². The maximum absolute atomic E-state index is 12.6. The first-order chi connectivity index (χ1) is 13.0. The van der Waals surface area contributed by atoms with Crippen molar-refractivity contribution < 1.29 is 27.8 Å². The second-order valence-electron chi connectivity index (χ2n) is 5.44.